The fraction of sp³-hybridized carbons (Fsp3) is 0.481. The number of nitrogens with zero attached hydrogens (tertiary/aromatic N) is 1. The van der Waals surface area contributed by atoms with E-state index in [4.69, 9.17) is 4.84 Å². The summed E-state index contributed by atoms with van der Waals surface area (Å²) < 4.78 is 1.02. The SMILES string of the molecule is CC(C)C[C@@H](C(=O)Nn1c(=O)[nH]c2ccsc2c1=O)[C@H](CCCc1ccccc1)C(=O)NOC(C)(C)C. The summed E-state index contributed by atoms with van der Waals surface area (Å²) in [6, 6.07) is 11.6. The maximum atomic E-state index is 13.6. The topological polar surface area (TPSA) is 122 Å². The van der Waals surface area contributed by atoms with Crippen molar-refractivity contribution in [2.24, 2.45) is 17.8 Å². The summed E-state index contributed by atoms with van der Waals surface area (Å²) in [6.45, 7) is 9.36. The zero-order valence-corrected chi connectivity index (χ0v) is 22.8. The number of carbonyl (C=O) groups excluding carboxylic acids is 2. The van der Waals surface area contributed by atoms with Crippen LogP contribution in [-0.4, -0.2) is 27.1 Å². The Morgan fingerprint density at radius 1 is 1.05 bits per heavy atom. The number of fused-ring (bicyclic) bond motifs is 1. The molecule has 0 saturated heterocycles. The smallest absolute Gasteiger partial charge is 0.304 e. The minimum Gasteiger partial charge on any atom is -0.304 e. The predicted molar refractivity (Wildman–Crippen MR) is 146 cm³/mol. The Morgan fingerprint density at radius 3 is 2.41 bits per heavy atom. The van der Waals surface area contributed by atoms with Crippen molar-refractivity contribution in [1.82, 2.24) is 15.1 Å². The van der Waals surface area contributed by atoms with E-state index in [1.807, 2.05) is 65.0 Å². The van der Waals surface area contributed by atoms with Crippen LogP contribution in [0.3, 0.4) is 0 Å². The van der Waals surface area contributed by atoms with Crippen molar-refractivity contribution < 1.29 is 14.4 Å². The molecule has 3 aromatic rings. The first kappa shape index (κ1) is 28.3. The lowest BCUT2D eigenvalue weighted by atomic mass is 9.81. The molecule has 0 radical (unpaired) electrons. The number of aryl methyl sites for hydroxylation is 1. The Labute approximate surface area is 220 Å². The standard InChI is InChI=1S/C27H36N4O5S/c1-17(2)16-20(23(32)29-31-25(34)22-21(14-15-37-22)28-26(31)35)19(24(33)30-36-27(3,4)5)13-9-12-18-10-7-6-8-11-18/h6-8,10-11,14-15,17,19-20H,9,12-13,16H2,1-5H3,(H,28,35)(H,29,32)(H,30,33)/t19-,20+/m0/s1. The third kappa shape index (κ3) is 7.87. The van der Waals surface area contributed by atoms with Crippen LogP contribution < -0.4 is 22.2 Å². The second kappa shape index (κ2) is 12.3. The Balaban J connectivity index is 1.88. The summed E-state index contributed by atoms with van der Waals surface area (Å²) in [7, 11) is 0. The first-order valence-corrected chi connectivity index (χ1v) is 13.4. The van der Waals surface area contributed by atoms with Gasteiger partial charge in [0.25, 0.3) is 5.56 Å². The number of carbonyl (C=O) groups is 2. The van der Waals surface area contributed by atoms with Crippen molar-refractivity contribution in [2.75, 3.05) is 5.43 Å². The number of aromatic nitrogens is 2. The number of amides is 2. The van der Waals surface area contributed by atoms with Gasteiger partial charge in [-0.2, -0.15) is 4.68 Å². The second-order valence-electron chi connectivity index (χ2n) is 10.6. The maximum Gasteiger partial charge on any atom is 0.348 e. The molecule has 9 nitrogen and oxygen atoms in total. The Hall–Kier alpha value is -3.24. The number of hydroxylamine groups is 1. The van der Waals surface area contributed by atoms with Crippen molar-refractivity contribution in [3.63, 3.8) is 0 Å². The van der Waals surface area contributed by atoms with Gasteiger partial charge in [-0.05, 0) is 69.4 Å². The Kier molecular flexibility index (Phi) is 9.45. The van der Waals surface area contributed by atoms with Crippen LogP contribution >= 0.6 is 11.3 Å². The minimum absolute atomic E-state index is 0.0819. The van der Waals surface area contributed by atoms with E-state index in [0.717, 1.165) is 12.0 Å². The molecule has 0 aliphatic rings. The van der Waals surface area contributed by atoms with E-state index in [9.17, 15) is 19.2 Å². The molecule has 0 spiro atoms. The highest BCUT2D eigenvalue weighted by Crippen LogP contribution is 2.27. The van der Waals surface area contributed by atoms with Crippen LogP contribution in [0.1, 0.15) is 59.4 Å². The summed E-state index contributed by atoms with van der Waals surface area (Å²) in [5.41, 5.74) is 4.62. The van der Waals surface area contributed by atoms with Crippen molar-refractivity contribution in [2.45, 2.75) is 65.9 Å². The number of H-pyrrole nitrogens is 1. The number of rotatable bonds is 11. The first-order chi connectivity index (χ1) is 17.5. The number of aromatic amines is 1. The first-order valence-electron chi connectivity index (χ1n) is 12.5. The summed E-state index contributed by atoms with van der Waals surface area (Å²) in [6.07, 6.45) is 2.23. The van der Waals surface area contributed by atoms with Crippen molar-refractivity contribution in [1.29, 1.82) is 0 Å². The zero-order chi connectivity index (χ0) is 27.2. The lowest BCUT2D eigenvalue weighted by molar-refractivity contribution is -0.153. The van der Waals surface area contributed by atoms with Gasteiger partial charge in [0.15, 0.2) is 0 Å². The molecule has 0 bridgehead atoms. The molecule has 0 fully saturated rings. The predicted octanol–water partition coefficient (Wildman–Crippen LogP) is 3.97. The molecule has 1 aromatic carbocycles. The number of benzene rings is 1. The highest BCUT2D eigenvalue weighted by Gasteiger charge is 2.35. The van der Waals surface area contributed by atoms with Gasteiger partial charge in [-0.1, -0.05) is 44.2 Å². The molecule has 0 aliphatic heterocycles. The molecule has 37 heavy (non-hydrogen) atoms. The molecule has 0 saturated carbocycles. The van der Waals surface area contributed by atoms with Gasteiger partial charge in [-0.25, -0.2) is 10.3 Å². The van der Waals surface area contributed by atoms with E-state index in [0.29, 0.717) is 34.2 Å². The number of hydrogen-bond acceptors (Lipinski definition) is 6. The minimum atomic E-state index is -0.787. The van der Waals surface area contributed by atoms with E-state index < -0.39 is 40.5 Å². The van der Waals surface area contributed by atoms with Gasteiger partial charge in [0.05, 0.1) is 23.0 Å². The third-order valence-corrected chi connectivity index (χ3v) is 6.80. The highest BCUT2D eigenvalue weighted by molar-refractivity contribution is 7.17. The van der Waals surface area contributed by atoms with Crippen LogP contribution in [0.25, 0.3) is 10.2 Å². The van der Waals surface area contributed by atoms with Crippen LogP contribution in [0.15, 0.2) is 51.4 Å². The average molecular weight is 529 g/mol. The monoisotopic (exact) mass is 528 g/mol. The van der Waals surface area contributed by atoms with Gasteiger partial charge in [0.1, 0.15) is 4.70 Å². The van der Waals surface area contributed by atoms with Gasteiger partial charge >= 0.3 is 5.69 Å². The molecule has 3 rings (SSSR count). The molecular weight excluding hydrogens is 492 g/mol. The molecule has 10 heteroatoms. The van der Waals surface area contributed by atoms with E-state index in [1.165, 1.54) is 11.3 Å². The zero-order valence-electron chi connectivity index (χ0n) is 22.0. The lowest BCUT2D eigenvalue weighted by Crippen LogP contribution is -2.48. The summed E-state index contributed by atoms with van der Waals surface area (Å²) in [4.78, 5) is 60.5. The quantitative estimate of drug-likeness (QED) is 0.325. The third-order valence-electron chi connectivity index (χ3n) is 5.90. The fourth-order valence-corrected chi connectivity index (χ4v) is 4.94. The average Bonchev–Trinajstić information content (AvgIpc) is 3.30. The molecule has 2 heterocycles. The van der Waals surface area contributed by atoms with Crippen LogP contribution in [0.4, 0.5) is 0 Å². The van der Waals surface area contributed by atoms with E-state index in [1.54, 1.807) is 11.4 Å². The van der Waals surface area contributed by atoms with Crippen LogP contribution in [0, 0.1) is 17.8 Å². The largest absolute Gasteiger partial charge is 0.348 e. The Bertz CT molecular complexity index is 1320. The molecule has 2 atom stereocenters. The molecule has 0 unspecified atom stereocenters. The van der Waals surface area contributed by atoms with Gasteiger partial charge in [-0.3, -0.25) is 24.6 Å². The molecule has 200 valence electrons. The van der Waals surface area contributed by atoms with E-state index in [-0.39, 0.29) is 5.92 Å². The van der Waals surface area contributed by atoms with Crippen molar-refractivity contribution in [3.8, 4) is 0 Å². The van der Waals surface area contributed by atoms with E-state index in [2.05, 4.69) is 15.9 Å². The van der Waals surface area contributed by atoms with Crippen LogP contribution in [0.5, 0.6) is 0 Å². The Morgan fingerprint density at radius 2 is 1.76 bits per heavy atom. The van der Waals surface area contributed by atoms with Crippen molar-refractivity contribution >= 4 is 33.4 Å². The fourth-order valence-electron chi connectivity index (χ4n) is 4.16. The van der Waals surface area contributed by atoms with E-state index >= 15 is 0 Å². The number of nitrogens with one attached hydrogen (secondary N) is 3. The van der Waals surface area contributed by atoms with Gasteiger partial charge in [0.2, 0.25) is 11.8 Å². The summed E-state index contributed by atoms with van der Waals surface area (Å²) in [5.74, 6) is -2.40. The molecule has 3 N–H and O–H groups in total. The maximum absolute atomic E-state index is 13.6. The van der Waals surface area contributed by atoms with Crippen molar-refractivity contribution in [3.05, 3.63) is 68.2 Å². The molecular formula is C27H36N4O5S. The number of hydrogen-bond donors (Lipinski definition) is 3. The molecule has 2 aromatic heterocycles. The van der Waals surface area contributed by atoms with Gasteiger partial charge < -0.3 is 4.98 Å². The van der Waals surface area contributed by atoms with Crippen LogP contribution in [-0.2, 0) is 20.8 Å². The number of thiophene rings is 1. The normalized spacial score (nSPS) is 13.5. The molecule has 0 aliphatic carbocycles. The lowest BCUT2D eigenvalue weighted by Gasteiger charge is -2.28. The highest BCUT2D eigenvalue weighted by atomic mass is 32.1. The molecule has 2 amide bonds. The van der Waals surface area contributed by atoms with Crippen LogP contribution in [0.2, 0.25) is 0 Å². The summed E-state index contributed by atoms with van der Waals surface area (Å²) >= 11 is 1.18. The summed E-state index contributed by atoms with van der Waals surface area (Å²) in [5, 5.41) is 1.69. The van der Waals surface area contributed by atoms with Gasteiger partial charge in [0, 0.05) is 0 Å². The second-order valence-corrected chi connectivity index (χ2v) is 11.5. The van der Waals surface area contributed by atoms with Gasteiger partial charge in [-0.15, -0.1) is 11.3 Å².